The van der Waals surface area contributed by atoms with Crippen LogP contribution in [0.1, 0.15) is 6.42 Å². The van der Waals surface area contributed by atoms with E-state index < -0.39 is 23.0 Å². The zero-order valence-corrected chi connectivity index (χ0v) is 16.0. The molecule has 2 aromatic heterocycles. The van der Waals surface area contributed by atoms with Crippen LogP contribution in [0.15, 0.2) is 15.9 Å². The standard InChI is InChI=1S/C16H22N6O7/c1-19-14-11(15(23)20(2)16(19)24)21(8-18-14)5-3-4-17-9-6-27-13-10(29-22(25)26)7-28-12(9)13/h8-10,12-13,17H,3-7H2,1-2H3. The summed E-state index contributed by atoms with van der Waals surface area (Å²) in [6.45, 7) is 1.65. The number of ether oxygens (including phenoxy) is 2. The molecular weight excluding hydrogens is 388 g/mol. The van der Waals surface area contributed by atoms with Gasteiger partial charge in [0.1, 0.15) is 12.2 Å². The van der Waals surface area contributed by atoms with Gasteiger partial charge in [-0.1, -0.05) is 0 Å². The average Bonchev–Trinajstić information content (AvgIpc) is 3.38. The second-order valence-electron chi connectivity index (χ2n) is 7.19. The Morgan fingerprint density at radius 2 is 2.03 bits per heavy atom. The van der Waals surface area contributed by atoms with Crippen LogP contribution in [0.2, 0.25) is 0 Å². The monoisotopic (exact) mass is 410 g/mol. The maximum atomic E-state index is 12.4. The maximum Gasteiger partial charge on any atom is 0.332 e. The third-order valence-electron chi connectivity index (χ3n) is 5.43. The number of aryl methyl sites for hydroxylation is 2. The fourth-order valence-corrected chi connectivity index (χ4v) is 3.94. The molecule has 0 amide bonds. The molecule has 158 valence electrons. The predicted molar refractivity (Wildman–Crippen MR) is 98.0 cm³/mol. The Morgan fingerprint density at radius 1 is 1.28 bits per heavy atom. The smallest absolute Gasteiger partial charge is 0.332 e. The lowest BCUT2D eigenvalue weighted by Gasteiger charge is -2.17. The van der Waals surface area contributed by atoms with Gasteiger partial charge in [0.2, 0.25) is 0 Å². The van der Waals surface area contributed by atoms with E-state index in [1.165, 1.54) is 11.6 Å². The summed E-state index contributed by atoms with van der Waals surface area (Å²) in [4.78, 5) is 43.8. The Hall–Kier alpha value is -2.77. The van der Waals surface area contributed by atoms with Gasteiger partial charge in [-0.25, -0.2) is 9.78 Å². The van der Waals surface area contributed by atoms with Crippen LogP contribution in [-0.4, -0.2) is 67.9 Å². The molecule has 4 heterocycles. The van der Waals surface area contributed by atoms with Crippen molar-refractivity contribution in [3.8, 4) is 0 Å². The minimum absolute atomic E-state index is 0.0893. The number of rotatable bonds is 7. The normalized spacial score (nSPS) is 26.1. The fraction of sp³-hybridized carbons (Fsp3) is 0.688. The maximum absolute atomic E-state index is 12.4. The van der Waals surface area contributed by atoms with E-state index in [9.17, 15) is 19.7 Å². The topological polar surface area (TPSA) is 145 Å². The van der Waals surface area contributed by atoms with Gasteiger partial charge < -0.3 is 24.2 Å². The summed E-state index contributed by atoms with van der Waals surface area (Å²) < 4.78 is 15.4. The van der Waals surface area contributed by atoms with E-state index in [1.807, 2.05) is 0 Å². The summed E-state index contributed by atoms with van der Waals surface area (Å²) in [5.41, 5.74) is -0.0510. The molecule has 0 bridgehead atoms. The molecule has 0 aliphatic carbocycles. The Kier molecular flexibility index (Phi) is 5.10. The zero-order chi connectivity index (χ0) is 20.7. The molecule has 0 spiro atoms. The Labute approximate surface area is 163 Å². The van der Waals surface area contributed by atoms with Crippen LogP contribution < -0.4 is 16.6 Å². The van der Waals surface area contributed by atoms with Gasteiger partial charge in [0.25, 0.3) is 10.6 Å². The molecule has 4 atom stereocenters. The molecule has 13 nitrogen and oxygen atoms in total. The van der Waals surface area contributed by atoms with E-state index in [0.717, 1.165) is 4.57 Å². The third-order valence-corrected chi connectivity index (χ3v) is 5.43. The van der Waals surface area contributed by atoms with Crippen molar-refractivity contribution >= 4 is 11.2 Å². The van der Waals surface area contributed by atoms with Crippen molar-refractivity contribution in [1.29, 1.82) is 0 Å². The Balaban J connectivity index is 1.35. The molecule has 2 fully saturated rings. The highest BCUT2D eigenvalue weighted by atomic mass is 17.0. The fourth-order valence-electron chi connectivity index (χ4n) is 3.94. The highest BCUT2D eigenvalue weighted by molar-refractivity contribution is 5.69. The lowest BCUT2D eigenvalue weighted by Crippen LogP contribution is -2.42. The van der Waals surface area contributed by atoms with Gasteiger partial charge in [-0.15, -0.1) is 10.1 Å². The second-order valence-corrected chi connectivity index (χ2v) is 7.19. The summed E-state index contributed by atoms with van der Waals surface area (Å²) >= 11 is 0. The largest absolute Gasteiger partial charge is 0.371 e. The van der Waals surface area contributed by atoms with Gasteiger partial charge in [-0.3, -0.25) is 13.9 Å². The van der Waals surface area contributed by atoms with Gasteiger partial charge in [0, 0.05) is 20.6 Å². The number of imidazole rings is 1. The van der Waals surface area contributed by atoms with Gasteiger partial charge in [-0.05, 0) is 13.0 Å². The number of hydrogen-bond donors (Lipinski definition) is 1. The molecule has 2 aliphatic heterocycles. The number of fused-ring (bicyclic) bond motifs is 2. The van der Waals surface area contributed by atoms with Crippen molar-refractivity contribution in [2.45, 2.75) is 37.3 Å². The lowest BCUT2D eigenvalue weighted by molar-refractivity contribution is -0.769. The van der Waals surface area contributed by atoms with E-state index in [1.54, 1.807) is 17.9 Å². The molecule has 1 N–H and O–H groups in total. The van der Waals surface area contributed by atoms with Crippen molar-refractivity contribution in [3.05, 3.63) is 37.3 Å². The van der Waals surface area contributed by atoms with Gasteiger partial charge in [0.15, 0.2) is 17.3 Å². The van der Waals surface area contributed by atoms with Gasteiger partial charge in [0.05, 0.1) is 25.6 Å². The summed E-state index contributed by atoms with van der Waals surface area (Å²) in [5, 5.41) is 13.0. The molecule has 4 rings (SSSR count). The molecule has 2 aliphatic rings. The van der Waals surface area contributed by atoms with Crippen LogP contribution in [0.25, 0.3) is 11.2 Å². The molecule has 0 saturated carbocycles. The highest BCUT2D eigenvalue weighted by Gasteiger charge is 2.49. The summed E-state index contributed by atoms with van der Waals surface area (Å²) in [7, 11) is 3.02. The van der Waals surface area contributed by atoms with Crippen LogP contribution in [0.5, 0.6) is 0 Å². The van der Waals surface area contributed by atoms with Crippen LogP contribution in [0, 0.1) is 10.1 Å². The minimum atomic E-state index is -0.823. The van der Waals surface area contributed by atoms with Crippen LogP contribution in [0.3, 0.4) is 0 Å². The van der Waals surface area contributed by atoms with E-state index >= 15 is 0 Å². The SMILES string of the molecule is Cn1c(=O)c2c(ncn2CCCNC2COC3C(O[N+](=O)[O-])COC23)n(C)c1=O. The molecule has 2 saturated heterocycles. The van der Waals surface area contributed by atoms with Gasteiger partial charge >= 0.3 is 5.69 Å². The van der Waals surface area contributed by atoms with Crippen molar-refractivity contribution < 1.29 is 19.4 Å². The molecule has 4 unspecified atom stereocenters. The van der Waals surface area contributed by atoms with Crippen molar-refractivity contribution in [1.82, 2.24) is 24.0 Å². The molecule has 0 aromatic carbocycles. The summed E-state index contributed by atoms with van der Waals surface area (Å²) in [5.74, 6) is 0. The molecule has 29 heavy (non-hydrogen) atoms. The number of nitrogens with zero attached hydrogens (tertiary/aromatic N) is 5. The lowest BCUT2D eigenvalue weighted by atomic mass is 10.1. The van der Waals surface area contributed by atoms with Crippen molar-refractivity contribution in [3.63, 3.8) is 0 Å². The summed E-state index contributed by atoms with van der Waals surface area (Å²) in [6.07, 6.45) is 0.789. The van der Waals surface area contributed by atoms with Gasteiger partial charge in [-0.2, -0.15) is 0 Å². The first-order chi connectivity index (χ1) is 13.9. The van der Waals surface area contributed by atoms with E-state index in [2.05, 4.69) is 15.1 Å². The first kappa shape index (κ1) is 19.5. The van der Waals surface area contributed by atoms with E-state index in [-0.39, 0.29) is 24.3 Å². The zero-order valence-electron chi connectivity index (χ0n) is 16.0. The number of nitrogens with one attached hydrogen (secondary N) is 1. The second kappa shape index (κ2) is 7.57. The molecule has 0 radical (unpaired) electrons. The quantitative estimate of drug-likeness (QED) is 0.316. The first-order valence-corrected chi connectivity index (χ1v) is 9.27. The number of aromatic nitrogens is 4. The van der Waals surface area contributed by atoms with E-state index in [0.29, 0.717) is 37.3 Å². The molecule has 2 aromatic rings. The average molecular weight is 410 g/mol. The Morgan fingerprint density at radius 3 is 2.79 bits per heavy atom. The van der Waals surface area contributed by atoms with Crippen LogP contribution >= 0.6 is 0 Å². The van der Waals surface area contributed by atoms with Crippen molar-refractivity contribution in [2.24, 2.45) is 14.1 Å². The Bertz CT molecular complexity index is 1040. The highest BCUT2D eigenvalue weighted by Crippen LogP contribution is 2.28. The minimum Gasteiger partial charge on any atom is -0.371 e. The predicted octanol–water partition coefficient (Wildman–Crippen LogP) is -1.84. The molecular formula is C16H22N6O7. The third kappa shape index (κ3) is 3.41. The van der Waals surface area contributed by atoms with Crippen LogP contribution in [-0.2, 0) is 35.0 Å². The first-order valence-electron chi connectivity index (χ1n) is 9.27. The van der Waals surface area contributed by atoms with E-state index in [4.69, 9.17) is 9.47 Å². The summed E-state index contributed by atoms with van der Waals surface area (Å²) in [6, 6.07) is -0.0893. The van der Waals surface area contributed by atoms with Crippen LogP contribution in [0.4, 0.5) is 0 Å². The van der Waals surface area contributed by atoms with Crippen molar-refractivity contribution in [2.75, 3.05) is 19.8 Å². The molecule has 13 heteroatoms. The number of hydrogen-bond acceptors (Lipinski definition) is 9.